The molecule has 0 aromatic carbocycles. The molecule has 1 spiro atoms. The van der Waals surface area contributed by atoms with Gasteiger partial charge in [0, 0.05) is 58.7 Å². The summed E-state index contributed by atoms with van der Waals surface area (Å²) >= 11 is 0. The molecule has 2 aliphatic rings. The van der Waals surface area contributed by atoms with Gasteiger partial charge in [-0.25, -0.2) is 0 Å². The molecule has 0 N–H and O–H groups in total. The molecular formula is C18H32N4O2. The molecule has 6 nitrogen and oxygen atoms in total. The van der Waals surface area contributed by atoms with Crippen molar-refractivity contribution in [2.24, 2.45) is 12.5 Å². The number of likely N-dealkylation sites (tertiary alicyclic amines) is 2. The molecule has 1 aromatic rings. The number of piperidine rings is 1. The first-order valence-corrected chi connectivity index (χ1v) is 9.06. The van der Waals surface area contributed by atoms with Crippen LogP contribution in [-0.4, -0.2) is 79.2 Å². The van der Waals surface area contributed by atoms with Crippen LogP contribution in [0.3, 0.4) is 0 Å². The Kier molecular flexibility index (Phi) is 5.92. The van der Waals surface area contributed by atoms with Crippen molar-refractivity contribution in [1.29, 1.82) is 0 Å². The lowest BCUT2D eigenvalue weighted by molar-refractivity contribution is 0.0858. The molecule has 0 aliphatic carbocycles. The van der Waals surface area contributed by atoms with Crippen molar-refractivity contribution in [3.05, 3.63) is 18.0 Å². The highest BCUT2D eigenvalue weighted by molar-refractivity contribution is 5.05. The van der Waals surface area contributed by atoms with Gasteiger partial charge < -0.3 is 9.47 Å². The molecule has 6 heteroatoms. The van der Waals surface area contributed by atoms with Crippen LogP contribution >= 0.6 is 0 Å². The summed E-state index contributed by atoms with van der Waals surface area (Å²) < 4.78 is 12.7. The molecule has 0 radical (unpaired) electrons. The molecule has 1 atom stereocenters. The van der Waals surface area contributed by atoms with E-state index in [0.717, 1.165) is 26.3 Å². The normalized spacial score (nSPS) is 24.9. The summed E-state index contributed by atoms with van der Waals surface area (Å²) in [6.07, 6.45) is 7.96. The van der Waals surface area contributed by atoms with Gasteiger partial charge in [0.2, 0.25) is 0 Å². The van der Waals surface area contributed by atoms with Gasteiger partial charge in [0.25, 0.3) is 0 Å². The zero-order chi connectivity index (χ0) is 17.0. The van der Waals surface area contributed by atoms with Gasteiger partial charge >= 0.3 is 0 Å². The Bertz CT molecular complexity index is 511. The van der Waals surface area contributed by atoms with Gasteiger partial charge in [-0.1, -0.05) is 0 Å². The fourth-order valence-corrected chi connectivity index (χ4v) is 4.44. The predicted octanol–water partition coefficient (Wildman–Crippen LogP) is 1.37. The number of ether oxygens (including phenoxy) is 2. The Hall–Kier alpha value is -0.950. The molecule has 0 saturated carbocycles. The minimum atomic E-state index is 0.475. The first-order valence-electron chi connectivity index (χ1n) is 9.06. The third-order valence-corrected chi connectivity index (χ3v) is 5.75. The largest absolute Gasteiger partial charge is 0.383 e. The maximum absolute atomic E-state index is 5.47. The fourth-order valence-electron chi connectivity index (χ4n) is 4.44. The lowest BCUT2D eigenvalue weighted by Crippen LogP contribution is -2.41. The second-order valence-corrected chi connectivity index (χ2v) is 7.57. The zero-order valence-electron chi connectivity index (χ0n) is 15.4. The molecular weight excluding hydrogens is 304 g/mol. The van der Waals surface area contributed by atoms with E-state index in [-0.39, 0.29) is 0 Å². The van der Waals surface area contributed by atoms with E-state index in [1.807, 2.05) is 25.0 Å². The van der Waals surface area contributed by atoms with Crippen LogP contribution < -0.4 is 0 Å². The van der Waals surface area contributed by atoms with Crippen molar-refractivity contribution < 1.29 is 9.47 Å². The Morgan fingerprint density at radius 3 is 2.67 bits per heavy atom. The molecule has 3 heterocycles. The molecule has 3 rings (SSSR count). The quantitative estimate of drug-likeness (QED) is 0.752. The van der Waals surface area contributed by atoms with Gasteiger partial charge in [0.15, 0.2) is 0 Å². The monoisotopic (exact) mass is 336 g/mol. The van der Waals surface area contributed by atoms with Crippen LogP contribution in [0.2, 0.25) is 0 Å². The van der Waals surface area contributed by atoms with Crippen LogP contribution in [0.5, 0.6) is 0 Å². The van der Waals surface area contributed by atoms with Crippen LogP contribution in [-0.2, 0) is 23.1 Å². The van der Waals surface area contributed by atoms with Crippen molar-refractivity contribution in [3.8, 4) is 0 Å². The van der Waals surface area contributed by atoms with Gasteiger partial charge in [-0.3, -0.25) is 14.5 Å². The Labute approximate surface area is 145 Å². The standard InChI is InChI=1S/C18H32N4O2/c1-20-12-16(11-19-20)13-21-6-4-18(5-7-21)10-17(14-24-3)22(15-18)8-9-23-2/h11-12,17H,4-10,13-15H2,1-3H3/t17-/m1/s1. The van der Waals surface area contributed by atoms with Crippen molar-refractivity contribution in [2.75, 3.05) is 53.6 Å². The molecule has 136 valence electrons. The minimum Gasteiger partial charge on any atom is -0.383 e. The first kappa shape index (κ1) is 17.9. The maximum atomic E-state index is 5.47. The molecule has 1 aromatic heterocycles. The minimum absolute atomic E-state index is 0.475. The summed E-state index contributed by atoms with van der Waals surface area (Å²) in [4.78, 5) is 5.16. The van der Waals surface area contributed by atoms with Gasteiger partial charge in [-0.2, -0.15) is 5.10 Å². The highest BCUT2D eigenvalue weighted by Gasteiger charge is 2.45. The van der Waals surface area contributed by atoms with Gasteiger partial charge in [0.1, 0.15) is 0 Å². The summed E-state index contributed by atoms with van der Waals surface area (Å²) in [7, 11) is 5.59. The second kappa shape index (κ2) is 7.95. The lowest BCUT2D eigenvalue weighted by atomic mass is 9.76. The highest BCUT2D eigenvalue weighted by Crippen LogP contribution is 2.43. The number of hydrogen-bond donors (Lipinski definition) is 0. The van der Waals surface area contributed by atoms with Crippen molar-refractivity contribution in [3.63, 3.8) is 0 Å². The van der Waals surface area contributed by atoms with E-state index < -0.39 is 0 Å². The molecule has 2 aliphatic heterocycles. The summed E-state index contributed by atoms with van der Waals surface area (Å²) in [6, 6.07) is 0.551. The molecule has 0 bridgehead atoms. The van der Waals surface area contributed by atoms with Gasteiger partial charge in [-0.15, -0.1) is 0 Å². The highest BCUT2D eigenvalue weighted by atomic mass is 16.5. The third kappa shape index (κ3) is 4.17. The van der Waals surface area contributed by atoms with Crippen LogP contribution in [0.15, 0.2) is 12.4 Å². The summed E-state index contributed by atoms with van der Waals surface area (Å²) in [5.74, 6) is 0. The predicted molar refractivity (Wildman–Crippen MR) is 93.9 cm³/mol. The summed E-state index contributed by atoms with van der Waals surface area (Å²) in [5, 5.41) is 4.28. The topological polar surface area (TPSA) is 42.8 Å². The average molecular weight is 336 g/mol. The number of aromatic nitrogens is 2. The zero-order valence-corrected chi connectivity index (χ0v) is 15.4. The molecule has 0 unspecified atom stereocenters. The van der Waals surface area contributed by atoms with E-state index in [0.29, 0.717) is 11.5 Å². The van der Waals surface area contributed by atoms with Crippen LogP contribution in [0.25, 0.3) is 0 Å². The summed E-state index contributed by atoms with van der Waals surface area (Å²) in [5.41, 5.74) is 1.79. The Morgan fingerprint density at radius 2 is 2.04 bits per heavy atom. The third-order valence-electron chi connectivity index (χ3n) is 5.75. The van der Waals surface area contributed by atoms with E-state index in [4.69, 9.17) is 9.47 Å². The first-order chi connectivity index (χ1) is 11.6. The number of nitrogens with zero attached hydrogens (tertiary/aromatic N) is 4. The van der Waals surface area contributed by atoms with E-state index >= 15 is 0 Å². The van der Waals surface area contributed by atoms with Crippen molar-refractivity contribution >= 4 is 0 Å². The van der Waals surface area contributed by atoms with Crippen LogP contribution in [0.1, 0.15) is 24.8 Å². The van der Waals surface area contributed by atoms with E-state index in [1.165, 1.54) is 44.5 Å². The van der Waals surface area contributed by atoms with E-state index in [2.05, 4.69) is 21.1 Å². The van der Waals surface area contributed by atoms with Crippen LogP contribution in [0, 0.1) is 5.41 Å². The molecule has 24 heavy (non-hydrogen) atoms. The lowest BCUT2D eigenvalue weighted by Gasteiger charge is -2.39. The second-order valence-electron chi connectivity index (χ2n) is 7.57. The average Bonchev–Trinajstić information content (AvgIpc) is 3.12. The number of aryl methyl sites for hydroxylation is 1. The van der Waals surface area contributed by atoms with Gasteiger partial charge in [-0.05, 0) is 37.8 Å². The number of rotatable bonds is 7. The molecule has 2 saturated heterocycles. The smallest absolute Gasteiger partial charge is 0.0618 e. The molecule has 0 amide bonds. The van der Waals surface area contributed by atoms with E-state index in [9.17, 15) is 0 Å². The maximum Gasteiger partial charge on any atom is 0.0618 e. The Morgan fingerprint density at radius 1 is 1.25 bits per heavy atom. The molecule has 2 fully saturated rings. The Balaban J connectivity index is 1.54. The SMILES string of the molecule is COCCN1CC2(CCN(Cc3cnn(C)c3)CC2)C[C@@H]1COC. The van der Waals surface area contributed by atoms with Crippen molar-refractivity contribution in [2.45, 2.75) is 31.8 Å². The van der Waals surface area contributed by atoms with Gasteiger partial charge in [0.05, 0.1) is 19.4 Å². The van der Waals surface area contributed by atoms with E-state index in [1.54, 1.807) is 7.11 Å². The summed E-state index contributed by atoms with van der Waals surface area (Å²) in [6.45, 7) is 7.27. The fraction of sp³-hybridized carbons (Fsp3) is 0.833. The number of hydrogen-bond acceptors (Lipinski definition) is 5. The van der Waals surface area contributed by atoms with Crippen LogP contribution in [0.4, 0.5) is 0 Å². The van der Waals surface area contributed by atoms with Crippen molar-refractivity contribution in [1.82, 2.24) is 19.6 Å². The number of methoxy groups -OCH3 is 2.